The Bertz CT molecular complexity index is 515. The third-order valence-corrected chi connectivity index (χ3v) is 3.96. The molecule has 2 N–H and O–H groups in total. The van der Waals surface area contributed by atoms with E-state index in [1.807, 2.05) is 45.0 Å². The molecule has 1 rings (SSSR count). The van der Waals surface area contributed by atoms with E-state index in [0.717, 1.165) is 11.3 Å². The first-order chi connectivity index (χ1) is 10.4. The zero-order valence-corrected chi connectivity index (χ0v) is 13.6. The minimum Gasteiger partial charge on any atom is -0.496 e. The Kier molecular flexibility index (Phi) is 6.89. The SMILES string of the molecule is CCC(C)C(NC(=O)CC(C)c1ccccc1OC)C(=O)O. The number of nitrogens with one attached hydrogen (secondary N) is 1. The van der Waals surface area contributed by atoms with E-state index in [1.165, 1.54) is 0 Å². The average Bonchev–Trinajstić information content (AvgIpc) is 2.51. The number of para-hydroxylation sites is 1. The first kappa shape index (κ1) is 18.0. The first-order valence-corrected chi connectivity index (χ1v) is 7.55. The summed E-state index contributed by atoms with van der Waals surface area (Å²) in [6.45, 7) is 5.66. The maximum absolute atomic E-state index is 12.1. The molecule has 1 amide bonds. The molecule has 0 aromatic heterocycles. The van der Waals surface area contributed by atoms with Crippen LogP contribution in [0, 0.1) is 5.92 Å². The van der Waals surface area contributed by atoms with E-state index in [1.54, 1.807) is 7.11 Å². The van der Waals surface area contributed by atoms with E-state index < -0.39 is 12.0 Å². The maximum Gasteiger partial charge on any atom is 0.326 e. The molecule has 3 atom stereocenters. The Morgan fingerprint density at radius 3 is 2.45 bits per heavy atom. The van der Waals surface area contributed by atoms with E-state index >= 15 is 0 Å². The van der Waals surface area contributed by atoms with Gasteiger partial charge in [-0.1, -0.05) is 45.4 Å². The quantitative estimate of drug-likeness (QED) is 0.774. The molecule has 5 nitrogen and oxygen atoms in total. The highest BCUT2D eigenvalue weighted by atomic mass is 16.5. The standard InChI is InChI=1S/C17H25NO4/c1-5-11(2)16(17(20)21)18-15(19)10-12(3)13-8-6-7-9-14(13)22-4/h6-9,11-12,16H,5,10H2,1-4H3,(H,18,19)(H,20,21). The summed E-state index contributed by atoms with van der Waals surface area (Å²) in [5.74, 6) is -0.677. The fraction of sp³-hybridized carbons (Fsp3) is 0.529. The molecule has 0 aliphatic heterocycles. The Morgan fingerprint density at radius 1 is 1.27 bits per heavy atom. The van der Waals surface area contributed by atoms with Crippen LogP contribution in [0.3, 0.4) is 0 Å². The molecule has 1 aromatic rings. The molecule has 0 saturated carbocycles. The monoisotopic (exact) mass is 307 g/mol. The fourth-order valence-electron chi connectivity index (χ4n) is 2.38. The van der Waals surface area contributed by atoms with Gasteiger partial charge in [-0.05, 0) is 23.5 Å². The number of carbonyl (C=O) groups excluding carboxylic acids is 1. The second-order valence-electron chi connectivity index (χ2n) is 5.62. The predicted molar refractivity (Wildman–Crippen MR) is 85.0 cm³/mol. The van der Waals surface area contributed by atoms with Crippen molar-refractivity contribution in [3.8, 4) is 5.75 Å². The van der Waals surface area contributed by atoms with Crippen molar-refractivity contribution in [2.24, 2.45) is 5.92 Å². The van der Waals surface area contributed by atoms with E-state index in [-0.39, 0.29) is 24.2 Å². The minimum atomic E-state index is -0.993. The number of carbonyl (C=O) groups is 2. The lowest BCUT2D eigenvalue weighted by atomic mass is 9.95. The first-order valence-electron chi connectivity index (χ1n) is 7.55. The summed E-state index contributed by atoms with van der Waals surface area (Å²) in [6, 6.07) is 6.69. The van der Waals surface area contributed by atoms with Crippen LogP contribution in [0.25, 0.3) is 0 Å². The average molecular weight is 307 g/mol. The van der Waals surface area contributed by atoms with Crippen LogP contribution in [0.5, 0.6) is 5.75 Å². The number of aliphatic carboxylic acids is 1. The molecule has 3 unspecified atom stereocenters. The minimum absolute atomic E-state index is 0.0532. The van der Waals surface area contributed by atoms with Crippen molar-refractivity contribution in [2.45, 2.75) is 45.6 Å². The van der Waals surface area contributed by atoms with Crippen LogP contribution in [0.4, 0.5) is 0 Å². The molecular formula is C17H25NO4. The van der Waals surface area contributed by atoms with Gasteiger partial charge in [-0.25, -0.2) is 4.79 Å². The summed E-state index contributed by atoms with van der Waals surface area (Å²) in [7, 11) is 1.59. The van der Waals surface area contributed by atoms with Gasteiger partial charge in [0.1, 0.15) is 11.8 Å². The lowest BCUT2D eigenvalue weighted by Crippen LogP contribution is -2.45. The molecule has 122 valence electrons. The molecular weight excluding hydrogens is 282 g/mol. The third-order valence-electron chi connectivity index (χ3n) is 3.96. The number of amides is 1. The van der Waals surface area contributed by atoms with Crippen molar-refractivity contribution in [3.05, 3.63) is 29.8 Å². The molecule has 0 aliphatic rings. The van der Waals surface area contributed by atoms with E-state index in [0.29, 0.717) is 6.42 Å². The Balaban J connectivity index is 2.73. The van der Waals surface area contributed by atoms with Crippen LogP contribution in [-0.2, 0) is 9.59 Å². The number of hydrogen-bond donors (Lipinski definition) is 2. The van der Waals surface area contributed by atoms with Crippen LogP contribution in [0.1, 0.15) is 45.1 Å². The summed E-state index contributed by atoms with van der Waals surface area (Å²) in [6.07, 6.45) is 0.917. The highest BCUT2D eigenvalue weighted by molar-refractivity contribution is 5.84. The smallest absolute Gasteiger partial charge is 0.326 e. The molecule has 0 saturated heterocycles. The second-order valence-corrected chi connectivity index (χ2v) is 5.62. The van der Waals surface area contributed by atoms with Crippen LogP contribution in [-0.4, -0.2) is 30.1 Å². The van der Waals surface area contributed by atoms with Gasteiger partial charge in [0.05, 0.1) is 7.11 Å². The van der Waals surface area contributed by atoms with Gasteiger partial charge in [0.15, 0.2) is 0 Å². The maximum atomic E-state index is 12.1. The number of methoxy groups -OCH3 is 1. The van der Waals surface area contributed by atoms with Crippen LogP contribution < -0.4 is 10.1 Å². The molecule has 0 bridgehead atoms. The summed E-state index contributed by atoms with van der Waals surface area (Å²) >= 11 is 0. The van der Waals surface area contributed by atoms with Crippen molar-refractivity contribution in [1.82, 2.24) is 5.32 Å². The van der Waals surface area contributed by atoms with Gasteiger partial charge in [0.25, 0.3) is 0 Å². The molecule has 22 heavy (non-hydrogen) atoms. The lowest BCUT2D eigenvalue weighted by molar-refractivity contribution is -0.143. The lowest BCUT2D eigenvalue weighted by Gasteiger charge is -2.21. The van der Waals surface area contributed by atoms with Crippen molar-refractivity contribution in [1.29, 1.82) is 0 Å². The molecule has 0 radical (unpaired) electrons. The van der Waals surface area contributed by atoms with Gasteiger partial charge in [0.2, 0.25) is 5.91 Å². The van der Waals surface area contributed by atoms with Gasteiger partial charge in [0, 0.05) is 6.42 Å². The van der Waals surface area contributed by atoms with E-state index in [4.69, 9.17) is 4.74 Å². The van der Waals surface area contributed by atoms with Gasteiger partial charge >= 0.3 is 5.97 Å². The fourth-order valence-corrected chi connectivity index (χ4v) is 2.38. The Morgan fingerprint density at radius 2 is 1.91 bits per heavy atom. The van der Waals surface area contributed by atoms with E-state index in [2.05, 4.69) is 5.32 Å². The Labute approximate surface area is 131 Å². The van der Waals surface area contributed by atoms with Crippen molar-refractivity contribution >= 4 is 11.9 Å². The number of carboxylic acids is 1. The number of benzene rings is 1. The van der Waals surface area contributed by atoms with Crippen molar-refractivity contribution in [3.63, 3.8) is 0 Å². The number of carboxylic acid groups (broad SMARTS) is 1. The predicted octanol–water partition coefficient (Wildman–Crippen LogP) is 2.80. The largest absolute Gasteiger partial charge is 0.496 e. The van der Waals surface area contributed by atoms with Crippen molar-refractivity contribution < 1.29 is 19.4 Å². The zero-order chi connectivity index (χ0) is 16.7. The highest BCUT2D eigenvalue weighted by Crippen LogP contribution is 2.28. The summed E-state index contributed by atoms with van der Waals surface area (Å²) < 4.78 is 5.30. The highest BCUT2D eigenvalue weighted by Gasteiger charge is 2.26. The zero-order valence-electron chi connectivity index (χ0n) is 13.6. The summed E-state index contributed by atoms with van der Waals surface area (Å²) in [5, 5.41) is 11.8. The molecule has 0 fully saturated rings. The number of ether oxygens (including phenoxy) is 1. The van der Waals surface area contributed by atoms with Crippen LogP contribution in [0.15, 0.2) is 24.3 Å². The molecule has 0 heterocycles. The molecule has 5 heteroatoms. The normalized spacial score (nSPS) is 14.7. The molecule has 0 spiro atoms. The summed E-state index contributed by atoms with van der Waals surface area (Å²) in [4.78, 5) is 23.4. The summed E-state index contributed by atoms with van der Waals surface area (Å²) in [5.41, 5.74) is 0.940. The Hall–Kier alpha value is -2.04. The van der Waals surface area contributed by atoms with Gasteiger partial charge in [-0.2, -0.15) is 0 Å². The van der Waals surface area contributed by atoms with Crippen LogP contribution in [0.2, 0.25) is 0 Å². The van der Waals surface area contributed by atoms with Gasteiger partial charge in [-0.3, -0.25) is 4.79 Å². The number of rotatable bonds is 8. The van der Waals surface area contributed by atoms with Gasteiger partial charge in [-0.15, -0.1) is 0 Å². The van der Waals surface area contributed by atoms with Gasteiger partial charge < -0.3 is 15.2 Å². The van der Waals surface area contributed by atoms with E-state index in [9.17, 15) is 14.7 Å². The topological polar surface area (TPSA) is 75.6 Å². The molecule has 1 aromatic carbocycles. The third kappa shape index (κ3) is 4.76. The second kappa shape index (κ2) is 8.41. The number of hydrogen-bond acceptors (Lipinski definition) is 3. The van der Waals surface area contributed by atoms with Crippen molar-refractivity contribution in [2.75, 3.05) is 7.11 Å². The molecule has 0 aliphatic carbocycles. The van der Waals surface area contributed by atoms with Crippen LogP contribution >= 0.6 is 0 Å².